The fraction of sp³-hybridized carbons (Fsp3) is 0.588. The van der Waals surface area contributed by atoms with Crippen LogP contribution in [0.25, 0.3) is 0 Å². The van der Waals surface area contributed by atoms with E-state index in [9.17, 15) is 4.79 Å². The van der Waals surface area contributed by atoms with E-state index in [1.807, 2.05) is 27.7 Å². The second-order valence-electron chi connectivity index (χ2n) is 6.81. The zero-order chi connectivity index (χ0) is 14.8. The molecule has 1 aromatic carbocycles. The van der Waals surface area contributed by atoms with E-state index in [1.54, 1.807) is 0 Å². The molecule has 110 valence electrons. The van der Waals surface area contributed by atoms with Crippen molar-refractivity contribution in [3.63, 3.8) is 0 Å². The second kappa shape index (κ2) is 5.96. The minimum absolute atomic E-state index is 0.0528. The van der Waals surface area contributed by atoms with E-state index in [1.165, 1.54) is 5.56 Å². The average molecular weight is 274 g/mol. The Bertz CT molecular complexity index is 450. The molecule has 0 spiro atoms. The molecule has 1 heterocycles. The van der Waals surface area contributed by atoms with E-state index in [2.05, 4.69) is 40.5 Å². The number of benzene rings is 1. The molecule has 1 N–H and O–H groups in total. The maximum absolute atomic E-state index is 12.2. The van der Waals surface area contributed by atoms with Crippen LogP contribution in [0.15, 0.2) is 30.3 Å². The topological polar surface area (TPSA) is 32.3 Å². The summed E-state index contributed by atoms with van der Waals surface area (Å²) in [7, 11) is 0. The summed E-state index contributed by atoms with van der Waals surface area (Å²) in [5.74, 6) is 0.687. The van der Waals surface area contributed by atoms with Crippen LogP contribution in [0.4, 0.5) is 0 Å². The van der Waals surface area contributed by atoms with E-state index < -0.39 is 0 Å². The van der Waals surface area contributed by atoms with Gasteiger partial charge in [0.1, 0.15) is 0 Å². The molecule has 3 nitrogen and oxygen atoms in total. The Morgan fingerprint density at radius 3 is 2.55 bits per heavy atom. The van der Waals surface area contributed by atoms with E-state index >= 15 is 0 Å². The van der Waals surface area contributed by atoms with E-state index in [-0.39, 0.29) is 17.5 Å². The maximum atomic E-state index is 12.2. The van der Waals surface area contributed by atoms with Gasteiger partial charge in [-0.1, -0.05) is 30.3 Å². The molecule has 3 heteroatoms. The number of hydrogen-bond donors (Lipinski definition) is 1. The van der Waals surface area contributed by atoms with Gasteiger partial charge in [0, 0.05) is 12.1 Å². The molecule has 2 rings (SSSR count). The smallest absolute Gasteiger partial charge is 0.237 e. The normalized spacial score (nSPS) is 21.7. The molecule has 0 aromatic heterocycles. The lowest BCUT2D eigenvalue weighted by atomic mass is 9.99. The lowest BCUT2D eigenvalue weighted by Crippen LogP contribution is -2.50. The molecule has 20 heavy (non-hydrogen) atoms. The monoisotopic (exact) mass is 274 g/mol. The standard InChI is InChI=1S/C17H26N2O/c1-13(16(20)18-17(2,3)4)19-11-10-15(12-19)14-8-6-5-7-9-14/h5-9,13,15H,10-12H2,1-4H3,(H,18,20)/t13-,15+/m1/s1. The molecular formula is C17H26N2O. The van der Waals surface area contributed by atoms with E-state index in [0.29, 0.717) is 5.92 Å². The Hall–Kier alpha value is -1.35. The van der Waals surface area contributed by atoms with Crippen molar-refractivity contribution in [2.75, 3.05) is 13.1 Å². The number of carbonyl (C=O) groups is 1. The molecule has 1 aromatic rings. The van der Waals surface area contributed by atoms with Crippen molar-refractivity contribution < 1.29 is 4.79 Å². The summed E-state index contributed by atoms with van der Waals surface area (Å²) >= 11 is 0. The first-order valence-electron chi connectivity index (χ1n) is 7.48. The van der Waals surface area contributed by atoms with Crippen LogP contribution in [0.1, 0.15) is 45.6 Å². The number of nitrogens with zero attached hydrogens (tertiary/aromatic N) is 1. The van der Waals surface area contributed by atoms with Gasteiger partial charge in [0.2, 0.25) is 5.91 Å². The van der Waals surface area contributed by atoms with Crippen LogP contribution in [-0.4, -0.2) is 35.5 Å². The van der Waals surface area contributed by atoms with Crippen molar-refractivity contribution >= 4 is 5.91 Å². The van der Waals surface area contributed by atoms with Crippen LogP contribution in [0, 0.1) is 0 Å². The lowest BCUT2D eigenvalue weighted by Gasteiger charge is -2.28. The van der Waals surface area contributed by atoms with Gasteiger partial charge in [-0.25, -0.2) is 0 Å². The summed E-state index contributed by atoms with van der Waals surface area (Å²) in [6.45, 7) is 10.0. The Labute approximate surface area is 122 Å². The Balaban J connectivity index is 1.94. The van der Waals surface area contributed by atoms with Crippen LogP contribution in [-0.2, 0) is 4.79 Å². The molecular weight excluding hydrogens is 248 g/mol. The van der Waals surface area contributed by atoms with Crippen LogP contribution < -0.4 is 5.32 Å². The van der Waals surface area contributed by atoms with Crippen LogP contribution in [0.3, 0.4) is 0 Å². The highest BCUT2D eigenvalue weighted by Crippen LogP contribution is 2.28. The predicted molar refractivity (Wildman–Crippen MR) is 82.7 cm³/mol. The zero-order valence-electron chi connectivity index (χ0n) is 13.0. The number of nitrogens with one attached hydrogen (secondary N) is 1. The average Bonchev–Trinajstić information content (AvgIpc) is 2.86. The molecule has 0 aliphatic carbocycles. The largest absolute Gasteiger partial charge is 0.350 e. The number of carbonyl (C=O) groups excluding carboxylic acids is 1. The minimum atomic E-state index is -0.163. The third-order valence-corrected chi connectivity index (χ3v) is 3.92. The van der Waals surface area contributed by atoms with Crippen molar-refractivity contribution in [2.45, 2.75) is 51.6 Å². The minimum Gasteiger partial charge on any atom is -0.350 e. The van der Waals surface area contributed by atoms with Crippen molar-refractivity contribution in [3.8, 4) is 0 Å². The number of amides is 1. The van der Waals surface area contributed by atoms with Crippen molar-refractivity contribution in [2.24, 2.45) is 0 Å². The summed E-state index contributed by atoms with van der Waals surface area (Å²) < 4.78 is 0. The van der Waals surface area contributed by atoms with Gasteiger partial charge in [0.05, 0.1) is 6.04 Å². The molecule has 0 radical (unpaired) electrons. The molecule has 1 aliphatic rings. The lowest BCUT2D eigenvalue weighted by molar-refractivity contribution is -0.127. The summed E-state index contributed by atoms with van der Waals surface area (Å²) in [6, 6.07) is 10.6. The fourth-order valence-corrected chi connectivity index (χ4v) is 2.78. The number of rotatable bonds is 3. The summed E-state index contributed by atoms with van der Waals surface area (Å²) in [5, 5.41) is 3.07. The van der Waals surface area contributed by atoms with Gasteiger partial charge >= 0.3 is 0 Å². The highest BCUT2D eigenvalue weighted by atomic mass is 16.2. The molecule has 1 saturated heterocycles. The van der Waals surface area contributed by atoms with Gasteiger partial charge in [0.25, 0.3) is 0 Å². The molecule has 1 amide bonds. The van der Waals surface area contributed by atoms with Gasteiger partial charge in [-0.05, 0) is 52.1 Å². The highest BCUT2D eigenvalue weighted by molar-refractivity contribution is 5.82. The first kappa shape index (κ1) is 15.0. The maximum Gasteiger partial charge on any atom is 0.237 e. The summed E-state index contributed by atoms with van der Waals surface area (Å²) in [5.41, 5.74) is 1.22. The van der Waals surface area contributed by atoms with E-state index in [0.717, 1.165) is 19.5 Å². The molecule has 0 saturated carbocycles. The van der Waals surface area contributed by atoms with Gasteiger partial charge < -0.3 is 5.32 Å². The van der Waals surface area contributed by atoms with Crippen LogP contribution >= 0.6 is 0 Å². The SMILES string of the molecule is C[C@H](C(=O)NC(C)(C)C)N1CC[C@H](c2ccccc2)C1. The Morgan fingerprint density at radius 2 is 1.95 bits per heavy atom. The predicted octanol–water partition coefficient (Wildman–Crippen LogP) is 2.78. The van der Waals surface area contributed by atoms with Crippen molar-refractivity contribution in [1.29, 1.82) is 0 Å². The van der Waals surface area contributed by atoms with Crippen molar-refractivity contribution in [1.82, 2.24) is 10.2 Å². The molecule has 1 fully saturated rings. The van der Waals surface area contributed by atoms with E-state index in [4.69, 9.17) is 0 Å². The molecule has 2 atom stereocenters. The van der Waals surface area contributed by atoms with Gasteiger partial charge in [-0.15, -0.1) is 0 Å². The Morgan fingerprint density at radius 1 is 1.30 bits per heavy atom. The van der Waals surface area contributed by atoms with Crippen LogP contribution in [0.5, 0.6) is 0 Å². The zero-order valence-corrected chi connectivity index (χ0v) is 13.0. The molecule has 0 unspecified atom stereocenters. The number of likely N-dealkylation sites (tertiary alicyclic amines) is 1. The number of hydrogen-bond acceptors (Lipinski definition) is 2. The first-order valence-corrected chi connectivity index (χ1v) is 7.48. The molecule has 0 bridgehead atoms. The summed E-state index contributed by atoms with van der Waals surface area (Å²) in [4.78, 5) is 14.5. The first-order chi connectivity index (χ1) is 9.37. The van der Waals surface area contributed by atoms with Crippen LogP contribution in [0.2, 0.25) is 0 Å². The third-order valence-electron chi connectivity index (χ3n) is 3.92. The summed E-state index contributed by atoms with van der Waals surface area (Å²) in [6.07, 6.45) is 1.14. The third kappa shape index (κ3) is 3.83. The Kier molecular flexibility index (Phi) is 4.48. The van der Waals surface area contributed by atoms with Gasteiger partial charge in [-0.2, -0.15) is 0 Å². The fourth-order valence-electron chi connectivity index (χ4n) is 2.78. The highest BCUT2D eigenvalue weighted by Gasteiger charge is 2.31. The van der Waals surface area contributed by atoms with Crippen molar-refractivity contribution in [3.05, 3.63) is 35.9 Å². The second-order valence-corrected chi connectivity index (χ2v) is 6.81. The van der Waals surface area contributed by atoms with Gasteiger partial charge in [-0.3, -0.25) is 9.69 Å². The van der Waals surface area contributed by atoms with Gasteiger partial charge in [0.15, 0.2) is 0 Å². The quantitative estimate of drug-likeness (QED) is 0.919. The molecule has 1 aliphatic heterocycles.